The van der Waals surface area contributed by atoms with E-state index in [0.29, 0.717) is 0 Å². The van der Waals surface area contributed by atoms with Gasteiger partial charge < -0.3 is 15.5 Å². The number of para-hydroxylation sites is 2. The molecular weight excluding hydrogens is 200 g/mol. The summed E-state index contributed by atoms with van der Waals surface area (Å²) in [6.45, 7) is 3.98. The zero-order chi connectivity index (χ0) is 11.5. The fourth-order valence-electron chi connectivity index (χ4n) is 1.62. The van der Waals surface area contributed by atoms with E-state index < -0.39 is 0 Å². The van der Waals surface area contributed by atoms with E-state index >= 15 is 0 Å². The summed E-state index contributed by atoms with van der Waals surface area (Å²) in [7, 11) is 0. The monoisotopic (exact) mass is 216 g/mol. The van der Waals surface area contributed by atoms with Crippen molar-refractivity contribution in [3.8, 4) is 0 Å². The summed E-state index contributed by atoms with van der Waals surface area (Å²) in [6, 6.07) is 11.8. The number of nitrogen functional groups attached to an aromatic ring is 1. The topological polar surface area (TPSA) is 51.2 Å². The van der Waals surface area contributed by atoms with Crippen LogP contribution in [0.1, 0.15) is 24.5 Å². The molecule has 1 unspecified atom stereocenters. The van der Waals surface area contributed by atoms with Gasteiger partial charge in [-0.3, -0.25) is 0 Å². The molecule has 3 nitrogen and oxygen atoms in total. The number of anilines is 2. The van der Waals surface area contributed by atoms with Gasteiger partial charge in [0.05, 0.1) is 17.4 Å². The lowest BCUT2D eigenvalue weighted by atomic mass is 10.2. The second-order valence-electron chi connectivity index (χ2n) is 3.90. The maximum absolute atomic E-state index is 5.86. The minimum atomic E-state index is 0.110. The number of aryl methyl sites for hydroxylation is 1. The maximum atomic E-state index is 5.86. The first-order chi connectivity index (χ1) is 7.66. The van der Waals surface area contributed by atoms with Gasteiger partial charge in [0.1, 0.15) is 11.5 Å². The highest BCUT2D eigenvalue weighted by atomic mass is 16.3. The van der Waals surface area contributed by atoms with Gasteiger partial charge in [0.15, 0.2) is 0 Å². The minimum absolute atomic E-state index is 0.110. The third kappa shape index (κ3) is 2.19. The van der Waals surface area contributed by atoms with Gasteiger partial charge in [-0.05, 0) is 38.1 Å². The molecule has 84 valence electrons. The Balaban J connectivity index is 2.13. The number of nitrogens with one attached hydrogen (secondary N) is 1. The number of benzene rings is 1. The Labute approximate surface area is 95.3 Å². The Hall–Kier alpha value is -1.90. The summed E-state index contributed by atoms with van der Waals surface area (Å²) in [4.78, 5) is 0. The molecule has 0 aliphatic heterocycles. The standard InChI is InChI=1S/C13H16N2O/c1-9-7-8-13(16-9)10(2)15-12-6-4-3-5-11(12)14/h3-8,10,15H,14H2,1-2H3. The molecule has 1 aromatic heterocycles. The van der Waals surface area contributed by atoms with E-state index in [-0.39, 0.29) is 6.04 Å². The quantitative estimate of drug-likeness (QED) is 0.773. The number of rotatable bonds is 3. The van der Waals surface area contributed by atoms with Crippen LogP contribution in [0.2, 0.25) is 0 Å². The van der Waals surface area contributed by atoms with E-state index in [2.05, 4.69) is 5.32 Å². The highest BCUT2D eigenvalue weighted by Gasteiger charge is 2.09. The molecule has 0 saturated heterocycles. The summed E-state index contributed by atoms with van der Waals surface area (Å²) < 4.78 is 5.55. The fraction of sp³-hybridized carbons (Fsp3) is 0.231. The van der Waals surface area contributed by atoms with Gasteiger partial charge in [0.2, 0.25) is 0 Å². The summed E-state index contributed by atoms with van der Waals surface area (Å²) in [6.07, 6.45) is 0. The van der Waals surface area contributed by atoms with Crippen LogP contribution in [0.25, 0.3) is 0 Å². The zero-order valence-electron chi connectivity index (χ0n) is 9.53. The molecule has 0 aliphatic rings. The first-order valence-corrected chi connectivity index (χ1v) is 5.34. The second kappa shape index (κ2) is 4.31. The molecule has 3 N–H and O–H groups in total. The van der Waals surface area contributed by atoms with E-state index in [0.717, 1.165) is 22.9 Å². The summed E-state index contributed by atoms with van der Waals surface area (Å²) in [5.41, 5.74) is 7.54. The maximum Gasteiger partial charge on any atom is 0.126 e. The largest absolute Gasteiger partial charge is 0.464 e. The Bertz CT molecular complexity index is 476. The molecule has 1 heterocycles. The smallest absolute Gasteiger partial charge is 0.126 e. The lowest BCUT2D eigenvalue weighted by molar-refractivity contribution is 0.467. The summed E-state index contributed by atoms with van der Waals surface area (Å²) in [5, 5.41) is 3.32. The molecule has 0 saturated carbocycles. The third-order valence-corrected chi connectivity index (χ3v) is 2.52. The minimum Gasteiger partial charge on any atom is -0.464 e. The van der Waals surface area contributed by atoms with E-state index in [1.807, 2.05) is 50.2 Å². The molecule has 16 heavy (non-hydrogen) atoms. The van der Waals surface area contributed by atoms with E-state index in [1.54, 1.807) is 0 Å². The normalized spacial score (nSPS) is 12.4. The van der Waals surface area contributed by atoms with Gasteiger partial charge in [0.25, 0.3) is 0 Å². The van der Waals surface area contributed by atoms with Crippen LogP contribution >= 0.6 is 0 Å². The molecule has 2 rings (SSSR count). The van der Waals surface area contributed by atoms with E-state index in [1.165, 1.54) is 0 Å². The predicted octanol–water partition coefficient (Wildman–Crippen LogP) is 3.34. The number of hydrogen-bond acceptors (Lipinski definition) is 3. The molecule has 1 aromatic carbocycles. The Morgan fingerprint density at radius 2 is 1.94 bits per heavy atom. The van der Waals surface area contributed by atoms with Crippen LogP contribution in [0, 0.1) is 6.92 Å². The third-order valence-electron chi connectivity index (χ3n) is 2.52. The van der Waals surface area contributed by atoms with Crippen molar-refractivity contribution >= 4 is 11.4 Å². The van der Waals surface area contributed by atoms with Crippen LogP contribution in [0.4, 0.5) is 11.4 Å². The average molecular weight is 216 g/mol. The zero-order valence-corrected chi connectivity index (χ0v) is 9.53. The summed E-state index contributed by atoms with van der Waals surface area (Å²) >= 11 is 0. The van der Waals surface area contributed by atoms with Crippen molar-refractivity contribution in [1.29, 1.82) is 0 Å². The van der Waals surface area contributed by atoms with Crippen LogP contribution in [-0.4, -0.2) is 0 Å². The van der Waals surface area contributed by atoms with Crippen LogP contribution in [0.3, 0.4) is 0 Å². The lowest BCUT2D eigenvalue weighted by Gasteiger charge is -2.14. The fourth-order valence-corrected chi connectivity index (χ4v) is 1.62. The SMILES string of the molecule is Cc1ccc(C(C)Nc2ccccc2N)o1. The number of hydrogen-bond donors (Lipinski definition) is 2. The number of nitrogens with two attached hydrogens (primary N) is 1. The Morgan fingerprint density at radius 3 is 2.56 bits per heavy atom. The van der Waals surface area contributed by atoms with Gasteiger partial charge in [-0.2, -0.15) is 0 Å². The van der Waals surface area contributed by atoms with Crippen molar-refractivity contribution in [2.75, 3.05) is 11.1 Å². The Kier molecular flexibility index (Phi) is 2.86. The first kappa shape index (κ1) is 10.6. The van der Waals surface area contributed by atoms with Crippen molar-refractivity contribution in [3.05, 3.63) is 47.9 Å². The molecule has 3 heteroatoms. The molecule has 0 fully saturated rings. The van der Waals surface area contributed by atoms with Crippen molar-refractivity contribution in [3.63, 3.8) is 0 Å². The molecule has 0 amide bonds. The lowest BCUT2D eigenvalue weighted by Crippen LogP contribution is -2.07. The van der Waals surface area contributed by atoms with Crippen LogP contribution in [0.15, 0.2) is 40.8 Å². The molecule has 2 aromatic rings. The van der Waals surface area contributed by atoms with E-state index in [4.69, 9.17) is 10.2 Å². The van der Waals surface area contributed by atoms with Crippen LogP contribution in [-0.2, 0) is 0 Å². The van der Waals surface area contributed by atoms with Gasteiger partial charge in [0, 0.05) is 0 Å². The van der Waals surface area contributed by atoms with Crippen LogP contribution in [0.5, 0.6) is 0 Å². The average Bonchev–Trinajstić information content (AvgIpc) is 2.68. The van der Waals surface area contributed by atoms with Gasteiger partial charge in [-0.25, -0.2) is 0 Å². The second-order valence-corrected chi connectivity index (χ2v) is 3.90. The molecular formula is C13H16N2O. The van der Waals surface area contributed by atoms with Crippen molar-refractivity contribution < 1.29 is 4.42 Å². The highest BCUT2D eigenvalue weighted by molar-refractivity contribution is 5.66. The van der Waals surface area contributed by atoms with Gasteiger partial charge >= 0.3 is 0 Å². The first-order valence-electron chi connectivity index (χ1n) is 5.34. The van der Waals surface area contributed by atoms with Crippen molar-refractivity contribution in [2.45, 2.75) is 19.9 Å². The number of furan rings is 1. The van der Waals surface area contributed by atoms with Gasteiger partial charge in [-0.1, -0.05) is 12.1 Å². The molecule has 0 bridgehead atoms. The predicted molar refractivity (Wildman–Crippen MR) is 66.3 cm³/mol. The van der Waals surface area contributed by atoms with E-state index in [9.17, 15) is 0 Å². The Morgan fingerprint density at radius 1 is 1.19 bits per heavy atom. The molecule has 0 radical (unpaired) electrons. The highest BCUT2D eigenvalue weighted by Crippen LogP contribution is 2.24. The van der Waals surface area contributed by atoms with Crippen LogP contribution < -0.4 is 11.1 Å². The molecule has 0 spiro atoms. The molecule has 0 aliphatic carbocycles. The summed E-state index contributed by atoms with van der Waals surface area (Å²) in [5.74, 6) is 1.84. The van der Waals surface area contributed by atoms with Crippen molar-refractivity contribution in [2.24, 2.45) is 0 Å². The molecule has 1 atom stereocenters. The van der Waals surface area contributed by atoms with Gasteiger partial charge in [-0.15, -0.1) is 0 Å². The van der Waals surface area contributed by atoms with Crippen molar-refractivity contribution in [1.82, 2.24) is 0 Å².